The molecule has 0 spiro atoms. The van der Waals surface area contributed by atoms with Gasteiger partial charge in [0, 0.05) is 44.3 Å². The van der Waals surface area contributed by atoms with Crippen molar-refractivity contribution in [1.29, 1.82) is 0 Å². The van der Waals surface area contributed by atoms with Gasteiger partial charge < -0.3 is 25.0 Å². The van der Waals surface area contributed by atoms with Crippen LogP contribution in [-0.2, 0) is 9.59 Å². The van der Waals surface area contributed by atoms with Crippen LogP contribution in [0.3, 0.4) is 0 Å². The average molecular weight is 581 g/mol. The zero-order valence-electron chi connectivity index (χ0n) is 20.1. The van der Waals surface area contributed by atoms with Gasteiger partial charge in [-0.25, -0.2) is 14.6 Å². The number of hydrogen-bond acceptors (Lipinski definition) is 6. The maximum atomic E-state index is 12.8. The van der Waals surface area contributed by atoms with E-state index in [0.717, 1.165) is 41.8 Å². The fourth-order valence-electron chi connectivity index (χ4n) is 3.20. The summed E-state index contributed by atoms with van der Waals surface area (Å²) in [4.78, 5) is 44.0. The number of rotatable bonds is 3. The molecular formula is C23H22F6N4O5S. The molecule has 1 fully saturated rings. The Balaban J connectivity index is 0.000000317. The van der Waals surface area contributed by atoms with Crippen molar-refractivity contribution >= 4 is 34.9 Å². The van der Waals surface area contributed by atoms with Crippen LogP contribution in [0.2, 0.25) is 0 Å². The van der Waals surface area contributed by atoms with Crippen molar-refractivity contribution in [2.45, 2.75) is 19.3 Å². The molecule has 16 heteroatoms. The molecule has 1 amide bonds. The smallest absolute Gasteiger partial charge is 0.475 e. The van der Waals surface area contributed by atoms with E-state index in [4.69, 9.17) is 19.8 Å². The third kappa shape index (κ3) is 9.31. The normalized spacial score (nSPS) is 13.5. The molecule has 0 unspecified atom stereocenters. The largest absolute Gasteiger partial charge is 0.490 e. The number of aryl methyl sites for hydroxylation is 1. The number of carboxylic acid groups (broad SMARTS) is 2. The Morgan fingerprint density at radius 1 is 0.897 bits per heavy atom. The van der Waals surface area contributed by atoms with Gasteiger partial charge in [-0.05, 0) is 30.7 Å². The number of carbonyl (C=O) groups is 3. The molecular weight excluding hydrogens is 558 g/mol. The van der Waals surface area contributed by atoms with Crippen LogP contribution in [0.4, 0.5) is 32.0 Å². The highest BCUT2D eigenvalue weighted by molar-refractivity contribution is 7.17. The van der Waals surface area contributed by atoms with E-state index in [9.17, 15) is 31.1 Å². The summed E-state index contributed by atoms with van der Waals surface area (Å²) in [5, 5.41) is 14.2. The fraction of sp³-hybridized carbons (Fsp3) is 0.304. The first-order chi connectivity index (χ1) is 18.1. The number of amides is 1. The molecule has 1 aliphatic rings. The molecule has 0 atom stereocenters. The number of hydrogen-bond donors (Lipinski definition) is 3. The quantitative estimate of drug-likeness (QED) is 0.384. The number of imidazole rings is 1. The average Bonchev–Trinajstić information content (AvgIpc) is 3.56. The Bertz CT molecular complexity index is 1230. The number of anilines is 1. The molecule has 4 rings (SSSR count). The number of nitrogens with zero attached hydrogens (tertiary/aromatic N) is 3. The number of benzene rings is 1. The topological polar surface area (TPSA) is 127 Å². The number of para-hydroxylation sites is 1. The minimum atomic E-state index is -5.08. The Hall–Kier alpha value is -4.08. The molecule has 212 valence electrons. The lowest BCUT2D eigenvalue weighted by atomic mass is 10.1. The van der Waals surface area contributed by atoms with Crippen molar-refractivity contribution in [3.05, 3.63) is 59.2 Å². The van der Waals surface area contributed by atoms with Crippen molar-refractivity contribution in [2.75, 3.05) is 31.1 Å². The van der Waals surface area contributed by atoms with Gasteiger partial charge in [0.1, 0.15) is 5.82 Å². The van der Waals surface area contributed by atoms with Crippen molar-refractivity contribution < 1.29 is 50.9 Å². The van der Waals surface area contributed by atoms with Crippen LogP contribution in [0.5, 0.6) is 0 Å². The Labute approximate surface area is 221 Å². The molecule has 0 radical (unpaired) electrons. The highest BCUT2D eigenvalue weighted by atomic mass is 32.1. The number of carbonyl (C=O) groups excluding carboxylic acids is 1. The molecule has 0 aliphatic carbocycles. The zero-order chi connectivity index (χ0) is 29.4. The number of halogens is 6. The summed E-state index contributed by atoms with van der Waals surface area (Å²) >= 11 is 1.49. The lowest BCUT2D eigenvalue weighted by molar-refractivity contribution is -0.193. The monoisotopic (exact) mass is 580 g/mol. The minimum absolute atomic E-state index is 0.118. The van der Waals surface area contributed by atoms with Crippen molar-refractivity contribution in [3.8, 4) is 10.7 Å². The predicted octanol–water partition coefficient (Wildman–Crippen LogP) is 4.68. The Kier molecular flexibility index (Phi) is 10.5. The van der Waals surface area contributed by atoms with Crippen LogP contribution < -0.4 is 4.90 Å². The summed E-state index contributed by atoms with van der Waals surface area (Å²) in [5.41, 5.74) is 2.55. The Morgan fingerprint density at radius 3 is 1.90 bits per heavy atom. The molecule has 0 bridgehead atoms. The third-order valence-electron chi connectivity index (χ3n) is 5.06. The van der Waals surface area contributed by atoms with E-state index in [1.165, 1.54) is 22.6 Å². The standard InChI is InChI=1S/C19H20N4OS.2C2HF3O2/c1-14-4-2-3-5-15(14)22-10-12-23(13-11-22)19(24)17-7-6-16(25-17)18-20-8-9-21-18;2*3-2(4,5)1(6)7/h2-9H,10-13H2,1H3,(H,20,21);2*(H,6,7). The van der Waals surface area contributed by atoms with E-state index in [0.29, 0.717) is 0 Å². The van der Waals surface area contributed by atoms with Gasteiger partial charge in [0.15, 0.2) is 0 Å². The van der Waals surface area contributed by atoms with Gasteiger partial charge in [0.05, 0.1) is 9.75 Å². The first-order valence-electron chi connectivity index (χ1n) is 10.9. The molecule has 3 N–H and O–H groups in total. The van der Waals surface area contributed by atoms with Crippen LogP contribution in [-0.4, -0.2) is 81.5 Å². The summed E-state index contributed by atoms with van der Waals surface area (Å²) < 4.78 is 63.5. The van der Waals surface area contributed by atoms with E-state index in [1.54, 1.807) is 12.4 Å². The van der Waals surface area contributed by atoms with E-state index >= 15 is 0 Å². The number of aromatic amines is 1. The first-order valence-corrected chi connectivity index (χ1v) is 11.7. The van der Waals surface area contributed by atoms with Crippen molar-refractivity contribution in [3.63, 3.8) is 0 Å². The summed E-state index contributed by atoms with van der Waals surface area (Å²) in [5.74, 6) is -4.58. The number of piperazine rings is 1. The van der Waals surface area contributed by atoms with Crippen LogP contribution >= 0.6 is 11.3 Å². The number of aliphatic carboxylic acids is 2. The second kappa shape index (κ2) is 13.1. The lowest BCUT2D eigenvalue weighted by Gasteiger charge is -2.36. The van der Waals surface area contributed by atoms with Gasteiger partial charge in [-0.2, -0.15) is 26.3 Å². The zero-order valence-corrected chi connectivity index (χ0v) is 20.9. The minimum Gasteiger partial charge on any atom is -0.475 e. The number of H-pyrrole nitrogens is 1. The summed E-state index contributed by atoms with van der Waals surface area (Å²) in [6.07, 6.45) is -6.65. The molecule has 3 aromatic rings. The van der Waals surface area contributed by atoms with Crippen LogP contribution in [0.25, 0.3) is 10.7 Å². The van der Waals surface area contributed by atoms with Gasteiger partial charge in [0.25, 0.3) is 5.91 Å². The predicted molar refractivity (Wildman–Crippen MR) is 129 cm³/mol. The van der Waals surface area contributed by atoms with E-state index in [-0.39, 0.29) is 5.91 Å². The SMILES string of the molecule is Cc1ccccc1N1CCN(C(=O)c2ccc(-c3ncc[nH]3)s2)CC1.O=C(O)C(F)(F)F.O=C(O)C(F)(F)F. The molecule has 3 heterocycles. The second-order valence-electron chi connectivity index (χ2n) is 7.77. The molecule has 1 aliphatic heterocycles. The maximum absolute atomic E-state index is 12.8. The van der Waals surface area contributed by atoms with Crippen molar-refractivity contribution in [2.24, 2.45) is 0 Å². The van der Waals surface area contributed by atoms with Gasteiger partial charge in [-0.3, -0.25) is 4.79 Å². The second-order valence-corrected chi connectivity index (χ2v) is 8.86. The van der Waals surface area contributed by atoms with Gasteiger partial charge in [0.2, 0.25) is 0 Å². The van der Waals surface area contributed by atoms with E-state index < -0.39 is 24.3 Å². The molecule has 2 aromatic heterocycles. The molecule has 0 saturated carbocycles. The van der Waals surface area contributed by atoms with Crippen molar-refractivity contribution in [1.82, 2.24) is 14.9 Å². The molecule has 9 nitrogen and oxygen atoms in total. The fourth-order valence-corrected chi connectivity index (χ4v) is 4.14. The molecule has 39 heavy (non-hydrogen) atoms. The number of carboxylic acids is 2. The highest BCUT2D eigenvalue weighted by Crippen LogP contribution is 2.27. The van der Waals surface area contributed by atoms with Crippen LogP contribution in [0, 0.1) is 6.92 Å². The number of alkyl halides is 6. The number of aromatic nitrogens is 2. The summed E-state index contributed by atoms with van der Waals surface area (Å²) in [6, 6.07) is 12.3. The summed E-state index contributed by atoms with van der Waals surface area (Å²) in [6.45, 7) is 5.37. The van der Waals surface area contributed by atoms with Crippen LogP contribution in [0.1, 0.15) is 15.2 Å². The van der Waals surface area contributed by atoms with Crippen LogP contribution in [0.15, 0.2) is 48.8 Å². The summed E-state index contributed by atoms with van der Waals surface area (Å²) in [7, 11) is 0. The lowest BCUT2D eigenvalue weighted by Crippen LogP contribution is -2.48. The highest BCUT2D eigenvalue weighted by Gasteiger charge is 2.38. The van der Waals surface area contributed by atoms with Gasteiger partial charge in [-0.15, -0.1) is 11.3 Å². The maximum Gasteiger partial charge on any atom is 0.490 e. The Morgan fingerprint density at radius 2 is 1.44 bits per heavy atom. The van der Waals surface area contributed by atoms with Gasteiger partial charge >= 0.3 is 24.3 Å². The molecule has 1 aromatic carbocycles. The third-order valence-corrected chi connectivity index (χ3v) is 6.14. The first kappa shape index (κ1) is 31.1. The van der Waals surface area contributed by atoms with E-state index in [2.05, 4.69) is 46.1 Å². The van der Waals surface area contributed by atoms with E-state index in [1.807, 2.05) is 17.0 Å². The number of thiophene rings is 1. The molecule has 1 saturated heterocycles. The van der Waals surface area contributed by atoms with Gasteiger partial charge in [-0.1, -0.05) is 18.2 Å². The number of nitrogens with one attached hydrogen (secondary N) is 1.